The summed E-state index contributed by atoms with van der Waals surface area (Å²) < 4.78 is 0. The molecule has 33 heavy (non-hydrogen) atoms. The topological polar surface area (TPSA) is 3.24 Å². The van der Waals surface area contributed by atoms with Crippen LogP contribution in [0, 0.1) is 0 Å². The Balaban J connectivity index is 0.000000728. The van der Waals surface area contributed by atoms with E-state index in [4.69, 9.17) is 0 Å². The highest BCUT2D eigenvalue weighted by Gasteiger charge is 2.56. The predicted molar refractivity (Wildman–Crippen MR) is 143 cm³/mol. The van der Waals surface area contributed by atoms with Crippen molar-refractivity contribution in [2.45, 2.75) is 45.7 Å². The Morgan fingerprint density at radius 2 is 0.788 bits per heavy atom. The zero-order valence-corrected chi connectivity index (χ0v) is 20.9. The van der Waals surface area contributed by atoms with Crippen molar-refractivity contribution >= 4 is 0 Å². The molecule has 1 atom stereocenters. The Labute approximate surface area is 200 Å². The Bertz CT molecular complexity index is 1080. The Hall–Kier alpha value is -3.16. The van der Waals surface area contributed by atoms with Crippen molar-refractivity contribution < 1.29 is 0 Å². The molecule has 0 aliphatic carbocycles. The average Bonchev–Trinajstić information content (AvgIpc) is 3.13. The predicted octanol–water partition coefficient (Wildman–Crippen LogP) is 8.24. The van der Waals surface area contributed by atoms with Gasteiger partial charge in [0.05, 0.1) is 11.1 Å². The van der Waals surface area contributed by atoms with Crippen LogP contribution < -0.4 is 0 Å². The molecule has 0 bridgehead atoms. The van der Waals surface area contributed by atoms with Crippen molar-refractivity contribution in [3.63, 3.8) is 0 Å². The monoisotopic (exact) mass is 435 g/mol. The zero-order chi connectivity index (χ0) is 23.9. The molecule has 1 heterocycles. The van der Waals surface area contributed by atoms with Crippen LogP contribution in [0.5, 0.6) is 0 Å². The van der Waals surface area contributed by atoms with Crippen LogP contribution in [0.3, 0.4) is 0 Å². The minimum absolute atomic E-state index is 0.246. The Morgan fingerprint density at radius 3 is 1.21 bits per heavy atom. The maximum atomic E-state index is 2.56. The van der Waals surface area contributed by atoms with Gasteiger partial charge in [0.1, 0.15) is 0 Å². The van der Waals surface area contributed by atoms with Crippen LogP contribution in [0.15, 0.2) is 115 Å². The normalized spacial score (nSPS) is 18.2. The molecule has 0 spiro atoms. The molecule has 0 amide bonds. The second-order valence-electron chi connectivity index (χ2n) is 7.99. The molecule has 4 aromatic rings. The summed E-state index contributed by atoms with van der Waals surface area (Å²) in [7, 11) is 2.27. The molecule has 5 rings (SSSR count). The second kappa shape index (κ2) is 10.6. The van der Waals surface area contributed by atoms with Gasteiger partial charge in [-0.1, -0.05) is 143 Å². The number of nitrogens with zero attached hydrogens (tertiary/aromatic N) is 1. The van der Waals surface area contributed by atoms with Crippen molar-refractivity contribution in [3.05, 3.63) is 143 Å². The van der Waals surface area contributed by atoms with Crippen molar-refractivity contribution in [2.75, 3.05) is 7.05 Å². The lowest BCUT2D eigenvalue weighted by molar-refractivity contribution is 0.118. The van der Waals surface area contributed by atoms with Gasteiger partial charge >= 0.3 is 0 Å². The van der Waals surface area contributed by atoms with Crippen molar-refractivity contribution in [1.82, 2.24) is 4.90 Å². The van der Waals surface area contributed by atoms with E-state index in [0.29, 0.717) is 0 Å². The van der Waals surface area contributed by atoms with E-state index in [-0.39, 0.29) is 11.1 Å². The van der Waals surface area contributed by atoms with E-state index >= 15 is 0 Å². The number of benzene rings is 4. The molecule has 1 aliphatic heterocycles. The molecule has 0 aromatic heterocycles. The Kier molecular flexibility index (Phi) is 7.89. The largest absolute Gasteiger partial charge is 0.275 e. The van der Waals surface area contributed by atoms with Crippen molar-refractivity contribution in [2.24, 2.45) is 0 Å². The highest BCUT2D eigenvalue weighted by molar-refractivity contribution is 5.61. The summed E-state index contributed by atoms with van der Waals surface area (Å²) in [4.78, 5) is 2.56. The van der Waals surface area contributed by atoms with Gasteiger partial charge in [-0.05, 0) is 41.8 Å². The molecule has 0 N–H and O–H groups in total. The maximum Gasteiger partial charge on any atom is 0.0983 e. The first kappa shape index (κ1) is 24.5. The summed E-state index contributed by atoms with van der Waals surface area (Å²) in [6.45, 7) is 10.4. The summed E-state index contributed by atoms with van der Waals surface area (Å²) >= 11 is 0. The first-order valence-corrected chi connectivity index (χ1v) is 12.2. The molecule has 0 fully saturated rings. The highest BCUT2D eigenvalue weighted by Crippen LogP contribution is 2.57. The van der Waals surface area contributed by atoms with E-state index in [1.807, 2.05) is 27.7 Å². The van der Waals surface area contributed by atoms with Crippen LogP contribution in [0.2, 0.25) is 0 Å². The lowest BCUT2D eigenvalue weighted by atomic mass is 9.77. The number of hydrogen-bond acceptors (Lipinski definition) is 1. The van der Waals surface area contributed by atoms with E-state index in [1.165, 1.54) is 27.8 Å². The lowest BCUT2D eigenvalue weighted by Crippen LogP contribution is -2.49. The summed E-state index contributed by atoms with van der Waals surface area (Å²) in [5.41, 5.74) is 6.01. The minimum Gasteiger partial charge on any atom is -0.275 e. The zero-order valence-electron chi connectivity index (χ0n) is 20.9. The van der Waals surface area contributed by atoms with Crippen molar-refractivity contribution in [1.29, 1.82) is 0 Å². The second-order valence-corrected chi connectivity index (χ2v) is 7.99. The molecular weight excluding hydrogens is 398 g/mol. The summed E-state index contributed by atoms with van der Waals surface area (Å²) in [6, 6.07) is 41.6. The van der Waals surface area contributed by atoms with Gasteiger partial charge < -0.3 is 0 Å². The fraction of sp³-hybridized carbons (Fsp3) is 0.250. The third kappa shape index (κ3) is 3.81. The number of fused-ring (bicyclic) bond motifs is 1. The molecule has 1 unspecified atom stereocenters. The van der Waals surface area contributed by atoms with E-state index in [2.05, 4.69) is 134 Å². The standard InChI is InChI=1S/C28H25N.2C2H6/c1-27(22-14-6-3-7-15-22)25-20-12-13-21-26(25)28(29(27)2,23-16-8-4-9-17-23)24-18-10-5-11-19-24;2*1-2/h3-21H,1-2H3;2*1-2H3. The van der Waals surface area contributed by atoms with Crippen LogP contribution in [0.25, 0.3) is 0 Å². The number of rotatable bonds is 3. The van der Waals surface area contributed by atoms with Gasteiger partial charge in [-0.2, -0.15) is 0 Å². The Morgan fingerprint density at radius 1 is 0.455 bits per heavy atom. The van der Waals surface area contributed by atoms with Crippen LogP contribution in [-0.4, -0.2) is 11.9 Å². The minimum atomic E-state index is -0.357. The van der Waals surface area contributed by atoms with Gasteiger partial charge in [0, 0.05) is 0 Å². The van der Waals surface area contributed by atoms with Gasteiger partial charge in [0.25, 0.3) is 0 Å². The lowest BCUT2D eigenvalue weighted by Gasteiger charge is -2.45. The molecule has 1 nitrogen and oxygen atoms in total. The smallest absolute Gasteiger partial charge is 0.0983 e. The van der Waals surface area contributed by atoms with Gasteiger partial charge in [0.15, 0.2) is 0 Å². The highest BCUT2D eigenvalue weighted by atomic mass is 15.3. The van der Waals surface area contributed by atoms with Crippen LogP contribution in [0.4, 0.5) is 0 Å². The SMILES string of the molecule is CC.CC.CN1C(C)(c2ccccc2)c2ccccc2C1(c1ccccc1)c1ccccc1. The average molecular weight is 436 g/mol. The third-order valence-corrected chi connectivity index (χ3v) is 6.73. The fourth-order valence-electron chi connectivity index (χ4n) is 5.26. The van der Waals surface area contributed by atoms with E-state index < -0.39 is 0 Å². The quantitative estimate of drug-likeness (QED) is 0.313. The molecule has 1 aliphatic rings. The van der Waals surface area contributed by atoms with E-state index in [0.717, 1.165) is 0 Å². The molecule has 1 heteroatoms. The van der Waals surface area contributed by atoms with E-state index in [1.54, 1.807) is 0 Å². The number of hydrogen-bond donors (Lipinski definition) is 0. The molecular formula is C32H37N. The molecule has 4 aromatic carbocycles. The van der Waals surface area contributed by atoms with Gasteiger partial charge in [-0.15, -0.1) is 0 Å². The molecule has 0 radical (unpaired) electrons. The molecule has 0 saturated carbocycles. The first-order chi connectivity index (χ1) is 16.2. The first-order valence-electron chi connectivity index (χ1n) is 12.2. The summed E-state index contributed by atoms with van der Waals surface area (Å²) in [6.07, 6.45) is 0. The van der Waals surface area contributed by atoms with Crippen LogP contribution >= 0.6 is 0 Å². The van der Waals surface area contributed by atoms with Gasteiger partial charge in [-0.25, -0.2) is 0 Å². The molecule has 0 saturated heterocycles. The summed E-state index contributed by atoms with van der Waals surface area (Å²) in [5, 5.41) is 0. The van der Waals surface area contributed by atoms with E-state index in [9.17, 15) is 0 Å². The third-order valence-electron chi connectivity index (χ3n) is 6.73. The van der Waals surface area contributed by atoms with Gasteiger partial charge in [-0.3, -0.25) is 4.90 Å². The van der Waals surface area contributed by atoms with Crippen LogP contribution in [0.1, 0.15) is 62.4 Å². The maximum absolute atomic E-state index is 2.56. The molecule has 170 valence electrons. The fourth-order valence-corrected chi connectivity index (χ4v) is 5.26. The van der Waals surface area contributed by atoms with Crippen molar-refractivity contribution in [3.8, 4) is 0 Å². The summed E-state index contributed by atoms with van der Waals surface area (Å²) in [5.74, 6) is 0. The van der Waals surface area contributed by atoms with Gasteiger partial charge in [0.2, 0.25) is 0 Å². The van der Waals surface area contributed by atoms with Crippen LogP contribution in [-0.2, 0) is 11.1 Å².